The summed E-state index contributed by atoms with van der Waals surface area (Å²) in [5, 5.41) is 11.7. The van der Waals surface area contributed by atoms with E-state index in [1.165, 1.54) is 6.07 Å². The van der Waals surface area contributed by atoms with Crippen LogP contribution in [-0.4, -0.2) is 36.6 Å². The number of nitrogens with zero attached hydrogens (tertiary/aromatic N) is 1. The number of aromatic hydroxyl groups is 1. The van der Waals surface area contributed by atoms with Gasteiger partial charge in [-0.25, -0.2) is 4.39 Å². The van der Waals surface area contributed by atoms with Crippen LogP contribution in [0, 0.1) is 5.82 Å². The van der Waals surface area contributed by atoms with Crippen molar-refractivity contribution in [2.45, 2.75) is 19.4 Å². The molecule has 1 atom stereocenters. The molecule has 4 nitrogen and oxygen atoms in total. The first kappa shape index (κ1) is 14.4. The van der Waals surface area contributed by atoms with Crippen LogP contribution in [0.5, 0.6) is 5.75 Å². The molecule has 5 heteroatoms. The van der Waals surface area contributed by atoms with Gasteiger partial charge in [0, 0.05) is 37.7 Å². The largest absolute Gasteiger partial charge is 0.508 e. The number of carbonyl (C=O) groups excluding carboxylic acids is 1. The van der Waals surface area contributed by atoms with Crippen LogP contribution >= 0.6 is 0 Å². The third-order valence-corrected chi connectivity index (χ3v) is 3.07. The van der Waals surface area contributed by atoms with E-state index in [2.05, 4.69) is 5.32 Å². The van der Waals surface area contributed by atoms with Gasteiger partial charge in [0.1, 0.15) is 11.6 Å². The van der Waals surface area contributed by atoms with Crippen molar-refractivity contribution in [3.05, 3.63) is 29.6 Å². The Morgan fingerprint density at radius 2 is 2.22 bits per heavy atom. The van der Waals surface area contributed by atoms with E-state index >= 15 is 0 Å². The fourth-order valence-corrected chi connectivity index (χ4v) is 1.69. The quantitative estimate of drug-likeness (QED) is 0.840. The second kappa shape index (κ2) is 6.35. The van der Waals surface area contributed by atoms with E-state index in [1.54, 1.807) is 13.1 Å². The lowest BCUT2D eigenvalue weighted by molar-refractivity contribution is -0.120. The molecule has 0 saturated carbocycles. The van der Waals surface area contributed by atoms with Crippen molar-refractivity contribution in [1.29, 1.82) is 0 Å². The molecule has 1 aromatic carbocycles. The monoisotopic (exact) mass is 254 g/mol. The minimum absolute atomic E-state index is 0.0415. The molecule has 1 unspecified atom stereocenters. The van der Waals surface area contributed by atoms with Crippen molar-refractivity contribution >= 4 is 5.91 Å². The lowest BCUT2D eigenvalue weighted by atomic mass is 10.1. The molecule has 100 valence electrons. The van der Waals surface area contributed by atoms with Crippen LogP contribution in [0.3, 0.4) is 0 Å². The van der Waals surface area contributed by atoms with E-state index in [9.17, 15) is 9.18 Å². The summed E-state index contributed by atoms with van der Waals surface area (Å²) in [4.78, 5) is 13.0. The first-order valence-electron chi connectivity index (χ1n) is 5.85. The zero-order valence-corrected chi connectivity index (χ0v) is 10.9. The molecular formula is C13H19FN2O2. The number of carbonyl (C=O) groups is 1. The fraction of sp³-hybridized carbons (Fsp3) is 0.462. The van der Waals surface area contributed by atoms with Gasteiger partial charge in [0.05, 0.1) is 0 Å². The van der Waals surface area contributed by atoms with Crippen LogP contribution in [0.25, 0.3) is 0 Å². The first-order chi connectivity index (χ1) is 8.45. The Bertz CT molecular complexity index is 423. The average Bonchev–Trinajstić information content (AvgIpc) is 2.34. The van der Waals surface area contributed by atoms with Gasteiger partial charge in [-0.15, -0.1) is 0 Å². The number of rotatable bonds is 5. The van der Waals surface area contributed by atoms with Crippen LogP contribution in [0.1, 0.15) is 24.9 Å². The van der Waals surface area contributed by atoms with E-state index in [4.69, 9.17) is 5.11 Å². The molecule has 0 spiro atoms. The highest BCUT2D eigenvalue weighted by Crippen LogP contribution is 2.24. The van der Waals surface area contributed by atoms with Gasteiger partial charge in [-0.05, 0) is 20.0 Å². The number of amides is 1. The first-order valence-corrected chi connectivity index (χ1v) is 5.85. The predicted molar refractivity (Wildman–Crippen MR) is 67.8 cm³/mol. The van der Waals surface area contributed by atoms with Crippen molar-refractivity contribution in [1.82, 2.24) is 10.2 Å². The van der Waals surface area contributed by atoms with E-state index in [-0.39, 0.29) is 17.7 Å². The Hall–Kier alpha value is -1.62. The maximum Gasteiger partial charge on any atom is 0.221 e. The molecule has 0 saturated heterocycles. The lowest BCUT2D eigenvalue weighted by Crippen LogP contribution is -2.29. The van der Waals surface area contributed by atoms with Crippen molar-refractivity contribution in [2.24, 2.45) is 0 Å². The second-order valence-electron chi connectivity index (χ2n) is 4.29. The van der Waals surface area contributed by atoms with Crippen LogP contribution in [0.15, 0.2) is 18.2 Å². The summed E-state index contributed by atoms with van der Waals surface area (Å²) < 4.78 is 13.7. The molecule has 1 rings (SSSR count). The van der Waals surface area contributed by atoms with Crippen molar-refractivity contribution in [3.63, 3.8) is 0 Å². The highest BCUT2D eigenvalue weighted by molar-refractivity contribution is 5.75. The number of hydrogen-bond donors (Lipinski definition) is 2. The standard InChI is InChI=1S/C13H19FN2O2/c1-9(16(3)7-6-13(18)15-2)11-5-4-10(17)8-12(11)14/h4-5,8-9,17H,6-7H2,1-3H3,(H,15,18). The molecule has 1 amide bonds. The maximum absolute atomic E-state index is 13.7. The Balaban J connectivity index is 2.68. The van der Waals surface area contributed by atoms with Crippen LogP contribution in [0.2, 0.25) is 0 Å². The summed E-state index contributed by atoms with van der Waals surface area (Å²) in [5.41, 5.74) is 0.507. The molecule has 0 heterocycles. The summed E-state index contributed by atoms with van der Waals surface area (Å²) >= 11 is 0. The zero-order valence-electron chi connectivity index (χ0n) is 10.9. The number of nitrogens with one attached hydrogen (secondary N) is 1. The topological polar surface area (TPSA) is 52.6 Å². The van der Waals surface area contributed by atoms with Crippen molar-refractivity contribution in [2.75, 3.05) is 20.6 Å². The highest BCUT2D eigenvalue weighted by atomic mass is 19.1. The summed E-state index contributed by atoms with van der Waals surface area (Å²) in [6.07, 6.45) is 0.372. The third-order valence-electron chi connectivity index (χ3n) is 3.07. The Labute approximate surface area is 106 Å². The molecule has 0 aromatic heterocycles. The van der Waals surface area contributed by atoms with Gasteiger partial charge in [0.25, 0.3) is 0 Å². The molecule has 0 fully saturated rings. The molecule has 18 heavy (non-hydrogen) atoms. The SMILES string of the molecule is CNC(=O)CCN(C)C(C)c1ccc(O)cc1F. The number of hydrogen-bond acceptors (Lipinski definition) is 3. The van der Waals surface area contributed by atoms with Crippen molar-refractivity contribution < 1.29 is 14.3 Å². The summed E-state index contributed by atoms with van der Waals surface area (Å²) in [6, 6.07) is 3.96. The molecule has 0 radical (unpaired) electrons. The Kier molecular flexibility index (Phi) is 5.09. The van der Waals surface area contributed by atoms with Crippen LogP contribution in [-0.2, 0) is 4.79 Å². The van der Waals surface area contributed by atoms with Crippen LogP contribution < -0.4 is 5.32 Å². The number of phenols is 1. The average molecular weight is 254 g/mol. The Morgan fingerprint density at radius 3 is 2.78 bits per heavy atom. The molecular weight excluding hydrogens is 235 g/mol. The summed E-state index contributed by atoms with van der Waals surface area (Å²) in [6.45, 7) is 2.40. The molecule has 2 N–H and O–H groups in total. The van der Waals surface area contributed by atoms with Gasteiger partial charge in [-0.1, -0.05) is 6.07 Å². The zero-order chi connectivity index (χ0) is 13.7. The van der Waals surface area contributed by atoms with Gasteiger partial charge in [0.15, 0.2) is 0 Å². The van der Waals surface area contributed by atoms with Gasteiger partial charge < -0.3 is 10.4 Å². The normalized spacial score (nSPS) is 12.5. The molecule has 0 aliphatic carbocycles. The van der Waals surface area contributed by atoms with Gasteiger partial charge in [0.2, 0.25) is 5.91 Å². The predicted octanol–water partition coefficient (Wildman–Crippen LogP) is 1.66. The van der Waals surface area contributed by atoms with Crippen molar-refractivity contribution in [3.8, 4) is 5.75 Å². The molecule has 0 bridgehead atoms. The van der Waals surface area contributed by atoms with E-state index in [0.717, 1.165) is 6.07 Å². The fourth-order valence-electron chi connectivity index (χ4n) is 1.69. The smallest absolute Gasteiger partial charge is 0.221 e. The van der Waals surface area contributed by atoms with E-state index in [1.807, 2.05) is 18.9 Å². The van der Waals surface area contributed by atoms with Gasteiger partial charge >= 0.3 is 0 Å². The Morgan fingerprint density at radius 1 is 1.56 bits per heavy atom. The minimum atomic E-state index is -0.436. The summed E-state index contributed by atoms with van der Waals surface area (Å²) in [5.74, 6) is -0.564. The summed E-state index contributed by atoms with van der Waals surface area (Å²) in [7, 11) is 3.42. The lowest BCUT2D eigenvalue weighted by Gasteiger charge is -2.25. The molecule has 0 aliphatic rings. The maximum atomic E-state index is 13.7. The van der Waals surface area contributed by atoms with Crippen LogP contribution in [0.4, 0.5) is 4.39 Å². The number of benzene rings is 1. The molecule has 0 aliphatic heterocycles. The second-order valence-corrected chi connectivity index (χ2v) is 4.29. The minimum Gasteiger partial charge on any atom is -0.508 e. The molecule has 1 aromatic rings. The van der Waals surface area contributed by atoms with E-state index in [0.29, 0.717) is 18.5 Å². The number of phenolic OH excluding ortho intramolecular Hbond substituents is 1. The third kappa shape index (κ3) is 3.70. The number of halogens is 1. The van der Waals surface area contributed by atoms with E-state index < -0.39 is 5.82 Å². The highest BCUT2D eigenvalue weighted by Gasteiger charge is 2.16. The van der Waals surface area contributed by atoms with Gasteiger partial charge in [-0.3, -0.25) is 9.69 Å². The van der Waals surface area contributed by atoms with Gasteiger partial charge in [-0.2, -0.15) is 0 Å².